The second kappa shape index (κ2) is 5.23. The van der Waals surface area contributed by atoms with Crippen LogP contribution in [0.3, 0.4) is 0 Å². The SMILES string of the molecule is CC(C)c1cnc(C(=O)N2CCOCC2)nc1. The van der Waals surface area contributed by atoms with E-state index >= 15 is 0 Å². The van der Waals surface area contributed by atoms with Crippen molar-refractivity contribution in [2.24, 2.45) is 0 Å². The first-order valence-corrected chi connectivity index (χ1v) is 5.87. The van der Waals surface area contributed by atoms with E-state index in [1.807, 2.05) is 0 Å². The predicted octanol–water partition coefficient (Wildman–Crippen LogP) is 1.07. The summed E-state index contributed by atoms with van der Waals surface area (Å²) in [6.45, 7) is 6.57. The van der Waals surface area contributed by atoms with Gasteiger partial charge in [0.15, 0.2) is 0 Å². The van der Waals surface area contributed by atoms with Crippen LogP contribution in [0.15, 0.2) is 12.4 Å². The van der Waals surface area contributed by atoms with Crippen LogP contribution in [0.25, 0.3) is 0 Å². The molecule has 1 aromatic heterocycles. The second-order valence-electron chi connectivity index (χ2n) is 4.40. The molecule has 1 fully saturated rings. The maximum absolute atomic E-state index is 12.0. The highest BCUT2D eigenvalue weighted by Gasteiger charge is 2.20. The third-order valence-corrected chi connectivity index (χ3v) is 2.83. The summed E-state index contributed by atoms with van der Waals surface area (Å²) < 4.78 is 5.20. The number of ether oxygens (including phenoxy) is 1. The highest BCUT2D eigenvalue weighted by atomic mass is 16.5. The first-order valence-electron chi connectivity index (χ1n) is 5.87. The predicted molar refractivity (Wildman–Crippen MR) is 62.8 cm³/mol. The van der Waals surface area contributed by atoms with Gasteiger partial charge in [0.2, 0.25) is 5.82 Å². The van der Waals surface area contributed by atoms with E-state index in [1.54, 1.807) is 17.3 Å². The Morgan fingerprint density at radius 3 is 2.41 bits per heavy atom. The molecule has 0 aromatic carbocycles. The first kappa shape index (κ1) is 12.0. The lowest BCUT2D eigenvalue weighted by atomic mass is 10.1. The number of carbonyl (C=O) groups is 1. The van der Waals surface area contributed by atoms with E-state index in [4.69, 9.17) is 4.74 Å². The normalized spacial score (nSPS) is 16.3. The summed E-state index contributed by atoms with van der Waals surface area (Å²) in [5.41, 5.74) is 1.04. The van der Waals surface area contributed by atoms with E-state index in [0.29, 0.717) is 32.2 Å². The van der Waals surface area contributed by atoms with Gasteiger partial charge in [-0.15, -0.1) is 0 Å². The van der Waals surface area contributed by atoms with Crippen molar-refractivity contribution in [1.82, 2.24) is 14.9 Å². The molecule has 2 rings (SSSR count). The molecule has 0 atom stereocenters. The van der Waals surface area contributed by atoms with Gasteiger partial charge in [-0.3, -0.25) is 4.79 Å². The van der Waals surface area contributed by atoms with Gasteiger partial charge in [0, 0.05) is 25.5 Å². The Morgan fingerprint density at radius 1 is 1.29 bits per heavy atom. The highest BCUT2D eigenvalue weighted by Crippen LogP contribution is 2.11. The Kier molecular flexibility index (Phi) is 3.68. The zero-order valence-corrected chi connectivity index (χ0v) is 10.2. The standard InChI is InChI=1S/C12H17N3O2/c1-9(2)10-7-13-11(14-8-10)12(16)15-3-5-17-6-4-15/h7-9H,3-6H2,1-2H3. The molecule has 0 radical (unpaired) electrons. The van der Waals surface area contributed by atoms with Crippen LogP contribution in [0.1, 0.15) is 35.9 Å². The van der Waals surface area contributed by atoms with E-state index in [2.05, 4.69) is 23.8 Å². The Hall–Kier alpha value is -1.49. The number of rotatable bonds is 2. The van der Waals surface area contributed by atoms with Gasteiger partial charge in [-0.1, -0.05) is 13.8 Å². The molecule has 1 aliphatic heterocycles. The summed E-state index contributed by atoms with van der Waals surface area (Å²) in [5, 5.41) is 0. The lowest BCUT2D eigenvalue weighted by Gasteiger charge is -2.26. The van der Waals surface area contributed by atoms with Gasteiger partial charge in [0.25, 0.3) is 5.91 Å². The minimum Gasteiger partial charge on any atom is -0.378 e. The van der Waals surface area contributed by atoms with Gasteiger partial charge in [-0.25, -0.2) is 9.97 Å². The molecule has 0 aliphatic carbocycles. The lowest BCUT2D eigenvalue weighted by molar-refractivity contribution is 0.0294. The molecule has 5 nitrogen and oxygen atoms in total. The molecule has 92 valence electrons. The number of aromatic nitrogens is 2. The van der Waals surface area contributed by atoms with E-state index in [0.717, 1.165) is 5.56 Å². The molecule has 0 spiro atoms. The topological polar surface area (TPSA) is 55.3 Å². The van der Waals surface area contributed by atoms with Crippen molar-refractivity contribution in [1.29, 1.82) is 0 Å². The van der Waals surface area contributed by atoms with Crippen LogP contribution >= 0.6 is 0 Å². The zero-order chi connectivity index (χ0) is 12.3. The molecule has 0 unspecified atom stereocenters. The van der Waals surface area contributed by atoms with Gasteiger partial charge >= 0.3 is 0 Å². The molecular weight excluding hydrogens is 218 g/mol. The lowest BCUT2D eigenvalue weighted by Crippen LogP contribution is -2.41. The zero-order valence-electron chi connectivity index (χ0n) is 10.2. The fraction of sp³-hybridized carbons (Fsp3) is 0.583. The largest absolute Gasteiger partial charge is 0.378 e. The van der Waals surface area contributed by atoms with Gasteiger partial charge in [-0.2, -0.15) is 0 Å². The van der Waals surface area contributed by atoms with Crippen LogP contribution in [0.5, 0.6) is 0 Å². The van der Waals surface area contributed by atoms with Crippen LogP contribution in [0.2, 0.25) is 0 Å². The fourth-order valence-corrected chi connectivity index (χ4v) is 1.65. The minimum atomic E-state index is -0.108. The average molecular weight is 235 g/mol. The first-order chi connectivity index (χ1) is 8.18. The summed E-state index contributed by atoms with van der Waals surface area (Å²) in [7, 11) is 0. The summed E-state index contributed by atoms with van der Waals surface area (Å²) in [6.07, 6.45) is 3.46. The second-order valence-corrected chi connectivity index (χ2v) is 4.40. The molecule has 5 heteroatoms. The molecule has 0 saturated carbocycles. The maximum Gasteiger partial charge on any atom is 0.291 e. The van der Waals surface area contributed by atoms with Crippen molar-refractivity contribution in [3.05, 3.63) is 23.8 Å². The molecule has 2 heterocycles. The van der Waals surface area contributed by atoms with E-state index < -0.39 is 0 Å². The summed E-state index contributed by atoms with van der Waals surface area (Å²) in [4.78, 5) is 22.0. The van der Waals surface area contributed by atoms with E-state index in [-0.39, 0.29) is 11.7 Å². The summed E-state index contributed by atoms with van der Waals surface area (Å²) >= 11 is 0. The van der Waals surface area contributed by atoms with Crippen LogP contribution in [0, 0.1) is 0 Å². The fourth-order valence-electron chi connectivity index (χ4n) is 1.65. The maximum atomic E-state index is 12.0. The van der Waals surface area contributed by atoms with Gasteiger partial charge in [0.05, 0.1) is 13.2 Å². The van der Waals surface area contributed by atoms with Crippen molar-refractivity contribution in [2.75, 3.05) is 26.3 Å². The van der Waals surface area contributed by atoms with Crippen molar-refractivity contribution in [2.45, 2.75) is 19.8 Å². The van der Waals surface area contributed by atoms with Crippen LogP contribution in [0.4, 0.5) is 0 Å². The Morgan fingerprint density at radius 2 is 1.88 bits per heavy atom. The van der Waals surface area contributed by atoms with Crippen LogP contribution < -0.4 is 0 Å². The number of morpholine rings is 1. The van der Waals surface area contributed by atoms with Gasteiger partial charge in [-0.05, 0) is 11.5 Å². The molecule has 0 bridgehead atoms. The smallest absolute Gasteiger partial charge is 0.291 e. The summed E-state index contributed by atoms with van der Waals surface area (Å²) in [5.74, 6) is 0.544. The number of nitrogens with zero attached hydrogens (tertiary/aromatic N) is 3. The van der Waals surface area contributed by atoms with Gasteiger partial charge < -0.3 is 9.64 Å². The summed E-state index contributed by atoms with van der Waals surface area (Å²) in [6, 6.07) is 0. The van der Waals surface area contributed by atoms with Crippen LogP contribution in [-0.2, 0) is 4.74 Å². The molecule has 0 N–H and O–H groups in total. The van der Waals surface area contributed by atoms with Crippen molar-refractivity contribution in [3.8, 4) is 0 Å². The van der Waals surface area contributed by atoms with E-state index in [1.165, 1.54) is 0 Å². The van der Waals surface area contributed by atoms with Crippen molar-refractivity contribution >= 4 is 5.91 Å². The van der Waals surface area contributed by atoms with Crippen molar-refractivity contribution in [3.63, 3.8) is 0 Å². The minimum absolute atomic E-state index is 0.108. The number of carbonyl (C=O) groups excluding carboxylic acids is 1. The molecule has 1 saturated heterocycles. The van der Waals surface area contributed by atoms with Gasteiger partial charge in [0.1, 0.15) is 0 Å². The molecule has 1 aliphatic rings. The quantitative estimate of drug-likeness (QED) is 0.769. The third-order valence-electron chi connectivity index (χ3n) is 2.83. The molecule has 1 amide bonds. The van der Waals surface area contributed by atoms with Crippen LogP contribution in [-0.4, -0.2) is 47.1 Å². The van der Waals surface area contributed by atoms with E-state index in [9.17, 15) is 4.79 Å². The molecular formula is C12H17N3O2. The molecule has 1 aromatic rings. The number of hydrogen-bond acceptors (Lipinski definition) is 4. The number of hydrogen-bond donors (Lipinski definition) is 0. The van der Waals surface area contributed by atoms with Crippen molar-refractivity contribution < 1.29 is 9.53 Å². The number of amides is 1. The highest BCUT2D eigenvalue weighted by molar-refractivity contribution is 5.90. The Labute approximate surface area is 101 Å². The monoisotopic (exact) mass is 235 g/mol. The third kappa shape index (κ3) is 2.79. The molecule has 17 heavy (non-hydrogen) atoms. The Balaban J connectivity index is 2.08. The average Bonchev–Trinajstić information content (AvgIpc) is 2.39. The Bertz CT molecular complexity index is 383.